The van der Waals surface area contributed by atoms with Gasteiger partial charge in [0.15, 0.2) is 0 Å². The van der Waals surface area contributed by atoms with Crippen molar-refractivity contribution in [3.05, 3.63) is 35.9 Å². The molecule has 0 bridgehead atoms. The Morgan fingerprint density at radius 2 is 1.95 bits per heavy atom. The van der Waals surface area contributed by atoms with Crippen molar-refractivity contribution in [1.82, 2.24) is 0 Å². The predicted octanol–water partition coefficient (Wildman–Crippen LogP) is 4.24. The van der Waals surface area contributed by atoms with Crippen molar-refractivity contribution in [2.45, 2.75) is 32.6 Å². The molecule has 1 atom stereocenters. The van der Waals surface area contributed by atoms with E-state index in [4.69, 9.17) is 9.79 Å². The Bertz CT molecular complexity index is 439. The highest BCUT2D eigenvalue weighted by Crippen LogP contribution is 2.48. The van der Waals surface area contributed by atoms with Gasteiger partial charge >= 0.3 is 0 Å². The molecule has 1 aromatic carbocycles. The van der Waals surface area contributed by atoms with E-state index in [2.05, 4.69) is 12.1 Å². The Labute approximate surface area is 116 Å². The van der Waals surface area contributed by atoms with Gasteiger partial charge in [-0.1, -0.05) is 30.3 Å². The highest BCUT2D eigenvalue weighted by Gasteiger charge is 2.21. The maximum Gasteiger partial charge on any atom is 0.204 e. The lowest BCUT2D eigenvalue weighted by molar-refractivity contribution is 0.332. The van der Waals surface area contributed by atoms with E-state index in [0.717, 1.165) is 19.3 Å². The molecule has 104 valence electrons. The Morgan fingerprint density at radius 3 is 2.58 bits per heavy atom. The molecule has 0 aliphatic carbocycles. The van der Waals surface area contributed by atoms with Crippen LogP contribution in [0.3, 0.4) is 0 Å². The molecular weight excluding hydrogens is 257 g/mol. The summed E-state index contributed by atoms with van der Waals surface area (Å²) >= 11 is 0. The zero-order valence-electron chi connectivity index (χ0n) is 11.5. The summed E-state index contributed by atoms with van der Waals surface area (Å²) in [5.74, 6) is 0. The van der Waals surface area contributed by atoms with Crippen molar-refractivity contribution in [3.63, 3.8) is 0 Å². The summed E-state index contributed by atoms with van der Waals surface area (Å²) in [6.07, 6.45) is 4.20. The number of hydrogen-bond acceptors (Lipinski definition) is 3. The van der Waals surface area contributed by atoms with Gasteiger partial charge in [0.25, 0.3) is 0 Å². The van der Waals surface area contributed by atoms with Gasteiger partial charge < -0.3 is 4.52 Å². The molecule has 0 amide bonds. The summed E-state index contributed by atoms with van der Waals surface area (Å²) in [6.45, 7) is 2.31. The first kappa shape index (κ1) is 16.0. The Morgan fingerprint density at radius 1 is 1.21 bits per heavy atom. The van der Waals surface area contributed by atoms with Gasteiger partial charge in [-0.2, -0.15) is 5.26 Å². The highest BCUT2D eigenvalue weighted by atomic mass is 31.2. The first-order valence-electron chi connectivity index (χ1n) is 6.83. The maximum absolute atomic E-state index is 12.4. The fraction of sp³-hybridized carbons (Fsp3) is 0.533. The number of unbranched alkanes of at least 4 members (excludes halogenated alkanes) is 1. The van der Waals surface area contributed by atoms with E-state index in [9.17, 15) is 4.57 Å². The fourth-order valence-corrected chi connectivity index (χ4v) is 4.12. The average Bonchev–Trinajstić information content (AvgIpc) is 2.43. The largest absolute Gasteiger partial charge is 0.329 e. The van der Waals surface area contributed by atoms with Crippen LogP contribution < -0.4 is 0 Å². The lowest BCUT2D eigenvalue weighted by Gasteiger charge is -2.16. The van der Waals surface area contributed by atoms with Crippen molar-refractivity contribution in [3.8, 4) is 6.07 Å². The van der Waals surface area contributed by atoms with Gasteiger partial charge in [0.1, 0.15) is 0 Å². The molecule has 0 aromatic heterocycles. The molecule has 1 unspecified atom stereocenters. The molecule has 0 aliphatic rings. The lowest BCUT2D eigenvalue weighted by Crippen LogP contribution is -2.01. The predicted molar refractivity (Wildman–Crippen MR) is 78.6 cm³/mol. The second-order valence-electron chi connectivity index (χ2n) is 4.53. The molecule has 0 fully saturated rings. The van der Waals surface area contributed by atoms with Crippen LogP contribution in [0.2, 0.25) is 0 Å². The zero-order chi connectivity index (χ0) is 14.0. The number of aryl methyl sites for hydroxylation is 1. The molecule has 0 N–H and O–H groups in total. The molecule has 1 aromatic rings. The second-order valence-corrected chi connectivity index (χ2v) is 7.31. The lowest BCUT2D eigenvalue weighted by atomic mass is 10.1. The van der Waals surface area contributed by atoms with Crippen molar-refractivity contribution >= 4 is 7.37 Å². The maximum atomic E-state index is 12.4. The van der Waals surface area contributed by atoms with E-state index in [0.29, 0.717) is 25.4 Å². The van der Waals surface area contributed by atoms with Gasteiger partial charge in [0.05, 0.1) is 12.7 Å². The second kappa shape index (κ2) is 8.91. The summed E-state index contributed by atoms with van der Waals surface area (Å²) in [4.78, 5) is 0. The van der Waals surface area contributed by atoms with Crippen LogP contribution in [-0.4, -0.2) is 18.9 Å². The summed E-state index contributed by atoms with van der Waals surface area (Å²) in [5, 5.41) is 8.59. The van der Waals surface area contributed by atoms with Gasteiger partial charge in [-0.3, -0.25) is 4.57 Å². The third-order valence-corrected chi connectivity index (χ3v) is 5.62. The van der Waals surface area contributed by atoms with Crippen molar-refractivity contribution in [1.29, 1.82) is 5.26 Å². The summed E-state index contributed by atoms with van der Waals surface area (Å²) in [6, 6.07) is 12.3. The molecule has 1 rings (SSSR count). The summed E-state index contributed by atoms with van der Waals surface area (Å²) in [7, 11) is -2.58. The first-order chi connectivity index (χ1) is 9.20. The molecule has 0 saturated heterocycles. The van der Waals surface area contributed by atoms with E-state index >= 15 is 0 Å². The van der Waals surface area contributed by atoms with E-state index in [1.165, 1.54) is 5.56 Å². The van der Waals surface area contributed by atoms with Gasteiger partial charge in [-0.15, -0.1) is 0 Å². The van der Waals surface area contributed by atoms with Crippen LogP contribution in [0.1, 0.15) is 31.7 Å². The molecular formula is C15H22NO2P. The first-order valence-corrected chi connectivity index (χ1v) is 8.83. The molecule has 0 heterocycles. The van der Waals surface area contributed by atoms with Gasteiger partial charge in [0.2, 0.25) is 7.37 Å². The smallest absolute Gasteiger partial charge is 0.204 e. The van der Waals surface area contributed by atoms with Crippen LogP contribution in [-0.2, 0) is 15.5 Å². The van der Waals surface area contributed by atoms with Crippen LogP contribution >= 0.6 is 7.37 Å². The molecule has 4 heteroatoms. The van der Waals surface area contributed by atoms with E-state index < -0.39 is 7.37 Å². The fourth-order valence-electron chi connectivity index (χ4n) is 2.02. The van der Waals surface area contributed by atoms with Crippen LogP contribution in [0, 0.1) is 11.3 Å². The monoisotopic (exact) mass is 279 g/mol. The van der Waals surface area contributed by atoms with Gasteiger partial charge in [0, 0.05) is 18.7 Å². The van der Waals surface area contributed by atoms with Crippen LogP contribution in [0.4, 0.5) is 0 Å². The molecule has 19 heavy (non-hydrogen) atoms. The highest BCUT2D eigenvalue weighted by molar-refractivity contribution is 7.58. The average molecular weight is 279 g/mol. The molecule has 0 radical (unpaired) electrons. The number of nitriles is 1. The van der Waals surface area contributed by atoms with E-state index in [1.54, 1.807) is 0 Å². The minimum absolute atomic E-state index is 0.315. The molecule has 0 aliphatic heterocycles. The number of benzene rings is 1. The third-order valence-electron chi connectivity index (χ3n) is 2.99. The minimum atomic E-state index is -2.58. The van der Waals surface area contributed by atoms with Crippen LogP contribution in [0.25, 0.3) is 0 Å². The summed E-state index contributed by atoms with van der Waals surface area (Å²) < 4.78 is 17.8. The van der Waals surface area contributed by atoms with Crippen LogP contribution in [0.5, 0.6) is 0 Å². The molecule has 0 spiro atoms. The number of rotatable bonds is 9. The van der Waals surface area contributed by atoms with Crippen molar-refractivity contribution < 1.29 is 9.09 Å². The third kappa shape index (κ3) is 6.57. The Kier molecular flexibility index (Phi) is 7.48. The molecule has 0 saturated carbocycles. The number of hydrogen-bond donors (Lipinski definition) is 0. The normalized spacial score (nSPS) is 13.7. The zero-order valence-corrected chi connectivity index (χ0v) is 12.4. The van der Waals surface area contributed by atoms with E-state index in [1.807, 2.05) is 31.2 Å². The molecule has 3 nitrogen and oxygen atoms in total. The van der Waals surface area contributed by atoms with Gasteiger partial charge in [-0.25, -0.2) is 0 Å². The van der Waals surface area contributed by atoms with Gasteiger partial charge in [-0.05, 0) is 31.7 Å². The minimum Gasteiger partial charge on any atom is -0.329 e. The van der Waals surface area contributed by atoms with E-state index in [-0.39, 0.29) is 0 Å². The Balaban J connectivity index is 2.32. The quantitative estimate of drug-likeness (QED) is 0.502. The summed E-state index contributed by atoms with van der Waals surface area (Å²) in [5.41, 5.74) is 1.31. The van der Waals surface area contributed by atoms with Crippen molar-refractivity contribution in [2.24, 2.45) is 0 Å². The number of nitrogens with zero attached hydrogens (tertiary/aromatic N) is 1. The Hall–Kier alpha value is -1.10. The topological polar surface area (TPSA) is 50.1 Å². The standard InChI is InChI=1S/C15H22NO2P/c1-2-18-19(17,14-8-12-16)13-7-6-11-15-9-4-3-5-10-15/h3-5,9-10H,2,6-8,11,13-14H2,1H3. The van der Waals surface area contributed by atoms with Crippen molar-refractivity contribution in [2.75, 3.05) is 18.9 Å². The van der Waals surface area contributed by atoms with Crippen LogP contribution in [0.15, 0.2) is 30.3 Å². The SMILES string of the molecule is CCOP(=O)(CCC#N)CCCCc1ccccc1.